The van der Waals surface area contributed by atoms with E-state index in [-0.39, 0.29) is 6.29 Å². The zero-order valence-corrected chi connectivity index (χ0v) is 14.7. The van der Waals surface area contributed by atoms with E-state index in [0.29, 0.717) is 23.4 Å². The fourth-order valence-corrected chi connectivity index (χ4v) is 5.10. The highest BCUT2D eigenvalue weighted by atomic mass is 16.7. The van der Waals surface area contributed by atoms with Crippen LogP contribution in [0.5, 0.6) is 0 Å². The van der Waals surface area contributed by atoms with Gasteiger partial charge < -0.3 is 9.47 Å². The maximum absolute atomic E-state index is 5.99. The summed E-state index contributed by atoms with van der Waals surface area (Å²) in [7, 11) is 0. The Hall–Kier alpha value is -0.340. The largest absolute Gasteiger partial charge is 0.353 e. The molecule has 2 unspecified atom stereocenters. The summed E-state index contributed by atoms with van der Waals surface area (Å²) in [6.07, 6.45) is 6.38. The molecule has 0 aromatic rings. The van der Waals surface area contributed by atoms with E-state index in [1.165, 1.54) is 37.7 Å². The third-order valence-electron chi connectivity index (χ3n) is 6.22. The van der Waals surface area contributed by atoms with Crippen LogP contribution in [0.2, 0.25) is 0 Å². The molecule has 2 aliphatic rings. The van der Waals surface area contributed by atoms with Gasteiger partial charge in [0.2, 0.25) is 0 Å². The van der Waals surface area contributed by atoms with Crippen molar-refractivity contribution in [3.05, 3.63) is 12.2 Å². The molecule has 0 aromatic carbocycles. The molecule has 21 heavy (non-hydrogen) atoms. The quantitative estimate of drug-likeness (QED) is 0.513. The Morgan fingerprint density at radius 3 is 2.62 bits per heavy atom. The summed E-state index contributed by atoms with van der Waals surface area (Å²) >= 11 is 0. The Labute approximate surface area is 131 Å². The molecule has 2 aliphatic carbocycles. The molecule has 0 amide bonds. The van der Waals surface area contributed by atoms with Crippen LogP contribution in [-0.2, 0) is 9.47 Å². The summed E-state index contributed by atoms with van der Waals surface area (Å²) in [6, 6.07) is 0. The molecule has 0 aliphatic heterocycles. The van der Waals surface area contributed by atoms with Crippen molar-refractivity contribution in [1.82, 2.24) is 0 Å². The van der Waals surface area contributed by atoms with Gasteiger partial charge in [-0.25, -0.2) is 0 Å². The molecule has 0 heterocycles. The van der Waals surface area contributed by atoms with E-state index in [0.717, 1.165) is 12.5 Å². The van der Waals surface area contributed by atoms with Crippen LogP contribution in [0.1, 0.15) is 66.7 Å². The van der Waals surface area contributed by atoms with Crippen LogP contribution in [-0.4, -0.2) is 19.5 Å². The molecule has 0 aromatic heterocycles. The summed E-state index contributed by atoms with van der Waals surface area (Å²) in [5, 5.41) is 0. The molecule has 4 atom stereocenters. The minimum Gasteiger partial charge on any atom is -0.353 e. The van der Waals surface area contributed by atoms with Gasteiger partial charge in [0, 0.05) is 12.5 Å². The Morgan fingerprint density at radius 2 is 1.95 bits per heavy atom. The van der Waals surface area contributed by atoms with Gasteiger partial charge in [0.05, 0.1) is 6.61 Å². The van der Waals surface area contributed by atoms with Crippen LogP contribution in [0.3, 0.4) is 0 Å². The minimum atomic E-state index is -0.108. The molecule has 2 fully saturated rings. The monoisotopic (exact) mass is 294 g/mol. The van der Waals surface area contributed by atoms with Gasteiger partial charge in [-0.1, -0.05) is 39.3 Å². The topological polar surface area (TPSA) is 18.5 Å². The van der Waals surface area contributed by atoms with Crippen LogP contribution in [0.15, 0.2) is 12.2 Å². The second kappa shape index (κ2) is 6.42. The van der Waals surface area contributed by atoms with Gasteiger partial charge >= 0.3 is 0 Å². The first-order valence-corrected chi connectivity index (χ1v) is 8.72. The second-order valence-electron chi connectivity index (χ2n) is 8.01. The molecular formula is C19H34O2. The molecule has 2 rings (SSSR count). The number of ether oxygens (including phenoxy) is 2. The van der Waals surface area contributed by atoms with Crippen molar-refractivity contribution in [2.45, 2.75) is 73.0 Å². The van der Waals surface area contributed by atoms with E-state index < -0.39 is 0 Å². The molecule has 0 N–H and O–H groups in total. The maximum atomic E-state index is 5.99. The zero-order valence-electron chi connectivity index (χ0n) is 14.7. The van der Waals surface area contributed by atoms with E-state index in [2.05, 4.69) is 27.4 Å². The standard InChI is InChI=1S/C19H34O2/c1-7-20-15(3)21-13-16-14(2)9-10-17-18(4,5)11-8-12-19(16,17)6/h15-17H,2,7-13H2,1,3-6H3/t15?,16?,17-,19+/m0/s1. The third-order valence-corrected chi connectivity index (χ3v) is 6.22. The zero-order chi connectivity index (χ0) is 15.7. The van der Waals surface area contributed by atoms with Gasteiger partial charge in [-0.3, -0.25) is 0 Å². The highest BCUT2D eigenvalue weighted by Crippen LogP contribution is 2.60. The van der Waals surface area contributed by atoms with Gasteiger partial charge in [-0.2, -0.15) is 0 Å². The van der Waals surface area contributed by atoms with Crippen molar-refractivity contribution in [2.24, 2.45) is 22.7 Å². The van der Waals surface area contributed by atoms with Crippen molar-refractivity contribution in [2.75, 3.05) is 13.2 Å². The average Bonchev–Trinajstić information content (AvgIpc) is 2.37. The van der Waals surface area contributed by atoms with Gasteiger partial charge in [0.25, 0.3) is 0 Å². The summed E-state index contributed by atoms with van der Waals surface area (Å²) in [6.45, 7) is 17.3. The molecular weight excluding hydrogens is 260 g/mol. The highest BCUT2D eigenvalue weighted by Gasteiger charge is 2.52. The highest BCUT2D eigenvalue weighted by molar-refractivity contribution is 5.15. The lowest BCUT2D eigenvalue weighted by atomic mass is 9.48. The normalized spacial score (nSPS) is 37.1. The molecule has 0 saturated heterocycles. The van der Waals surface area contributed by atoms with Gasteiger partial charge in [-0.15, -0.1) is 0 Å². The van der Waals surface area contributed by atoms with Gasteiger partial charge in [-0.05, 0) is 56.3 Å². The second-order valence-corrected chi connectivity index (χ2v) is 8.01. The SMILES string of the molecule is C=C1CC[C@H]2C(C)(C)CCC[C@]2(C)C1COC(C)OCC. The first-order valence-electron chi connectivity index (χ1n) is 8.72. The van der Waals surface area contributed by atoms with E-state index in [4.69, 9.17) is 9.47 Å². The van der Waals surface area contributed by atoms with Crippen LogP contribution in [0.4, 0.5) is 0 Å². The predicted molar refractivity (Wildman–Crippen MR) is 88.1 cm³/mol. The number of rotatable bonds is 5. The molecule has 2 heteroatoms. The van der Waals surface area contributed by atoms with Crippen molar-refractivity contribution in [3.8, 4) is 0 Å². The fourth-order valence-electron chi connectivity index (χ4n) is 5.10. The third kappa shape index (κ3) is 3.37. The molecule has 122 valence electrons. The van der Waals surface area contributed by atoms with Crippen LogP contribution < -0.4 is 0 Å². The number of hydrogen-bond donors (Lipinski definition) is 0. The predicted octanol–water partition coefficient (Wildman–Crippen LogP) is 5.18. The van der Waals surface area contributed by atoms with Crippen molar-refractivity contribution in [1.29, 1.82) is 0 Å². The Balaban J connectivity index is 2.12. The van der Waals surface area contributed by atoms with E-state index in [9.17, 15) is 0 Å². The van der Waals surface area contributed by atoms with Crippen LogP contribution >= 0.6 is 0 Å². The lowest BCUT2D eigenvalue weighted by Gasteiger charge is -2.57. The Kier molecular flexibility index (Phi) is 5.20. The minimum absolute atomic E-state index is 0.108. The maximum Gasteiger partial charge on any atom is 0.154 e. The van der Waals surface area contributed by atoms with Gasteiger partial charge in [0.1, 0.15) is 0 Å². The van der Waals surface area contributed by atoms with Crippen LogP contribution in [0.25, 0.3) is 0 Å². The van der Waals surface area contributed by atoms with Crippen molar-refractivity contribution < 1.29 is 9.47 Å². The van der Waals surface area contributed by atoms with E-state index in [1.807, 2.05) is 13.8 Å². The summed E-state index contributed by atoms with van der Waals surface area (Å²) in [5.41, 5.74) is 2.20. The molecule has 0 radical (unpaired) electrons. The first kappa shape index (κ1) is 17.0. The van der Waals surface area contributed by atoms with Crippen LogP contribution in [0, 0.1) is 22.7 Å². The smallest absolute Gasteiger partial charge is 0.154 e. The molecule has 0 spiro atoms. The Bertz CT molecular complexity index is 374. The Morgan fingerprint density at radius 1 is 1.24 bits per heavy atom. The average molecular weight is 294 g/mol. The van der Waals surface area contributed by atoms with Gasteiger partial charge in [0.15, 0.2) is 6.29 Å². The van der Waals surface area contributed by atoms with Crippen molar-refractivity contribution in [3.63, 3.8) is 0 Å². The van der Waals surface area contributed by atoms with E-state index in [1.54, 1.807) is 0 Å². The summed E-state index contributed by atoms with van der Waals surface area (Å²) in [4.78, 5) is 0. The summed E-state index contributed by atoms with van der Waals surface area (Å²) in [5.74, 6) is 1.28. The fraction of sp³-hybridized carbons (Fsp3) is 0.895. The van der Waals surface area contributed by atoms with E-state index >= 15 is 0 Å². The molecule has 2 nitrogen and oxygen atoms in total. The lowest BCUT2D eigenvalue weighted by molar-refractivity contribution is -0.155. The number of hydrogen-bond acceptors (Lipinski definition) is 2. The lowest BCUT2D eigenvalue weighted by Crippen LogP contribution is -2.50. The summed E-state index contributed by atoms with van der Waals surface area (Å²) < 4.78 is 11.5. The van der Waals surface area contributed by atoms with Crippen molar-refractivity contribution >= 4 is 0 Å². The first-order chi connectivity index (χ1) is 9.81. The number of fused-ring (bicyclic) bond motifs is 1. The molecule has 0 bridgehead atoms. The molecule has 2 saturated carbocycles.